The number of hydrogen-bond acceptors (Lipinski definition) is 3. The second kappa shape index (κ2) is 8.04. The van der Waals surface area contributed by atoms with E-state index in [0.717, 1.165) is 35.1 Å². The summed E-state index contributed by atoms with van der Waals surface area (Å²) in [6.45, 7) is 5.81. The van der Waals surface area contributed by atoms with Crippen molar-refractivity contribution in [2.24, 2.45) is 0 Å². The number of aromatic nitrogens is 2. The van der Waals surface area contributed by atoms with E-state index < -0.39 is 24.2 Å². The number of carbonyl (C=O) groups is 1. The van der Waals surface area contributed by atoms with Crippen LogP contribution < -0.4 is 5.32 Å². The number of fused-ring (bicyclic) bond motifs is 1. The van der Waals surface area contributed by atoms with Crippen LogP contribution in [0.1, 0.15) is 73.2 Å². The molecule has 168 valence electrons. The summed E-state index contributed by atoms with van der Waals surface area (Å²) in [4.78, 5) is 15.0. The van der Waals surface area contributed by atoms with Crippen LogP contribution in [0.2, 0.25) is 5.02 Å². The number of nitrogens with zero attached hydrogens (tertiary/aromatic N) is 3. The zero-order valence-electron chi connectivity index (χ0n) is 17.7. The third-order valence-corrected chi connectivity index (χ3v) is 6.76. The van der Waals surface area contributed by atoms with Gasteiger partial charge in [-0.1, -0.05) is 41.4 Å². The van der Waals surface area contributed by atoms with Gasteiger partial charge < -0.3 is 10.2 Å². The molecule has 2 aromatic rings. The van der Waals surface area contributed by atoms with Crippen molar-refractivity contribution >= 4 is 23.3 Å². The first-order valence-electron chi connectivity index (χ1n) is 10.6. The van der Waals surface area contributed by atoms with Crippen LogP contribution in [0.3, 0.4) is 0 Å². The Kier molecular flexibility index (Phi) is 5.70. The van der Waals surface area contributed by atoms with E-state index in [0.29, 0.717) is 0 Å². The Hall–Kier alpha value is -2.22. The number of carbonyl (C=O) groups excluding carboxylic acids is 1. The maximum atomic E-state index is 14.0. The first-order valence-corrected chi connectivity index (χ1v) is 11.0. The molecule has 2 aliphatic rings. The normalized spacial score (nSPS) is 26.4. The zero-order chi connectivity index (χ0) is 22.5. The van der Waals surface area contributed by atoms with Gasteiger partial charge in [-0.3, -0.25) is 4.79 Å². The Morgan fingerprint density at radius 3 is 2.35 bits per heavy atom. The number of aryl methyl sites for hydroxylation is 1. The lowest BCUT2D eigenvalue weighted by atomic mass is 9.96. The van der Waals surface area contributed by atoms with E-state index >= 15 is 0 Å². The molecule has 4 rings (SSSR count). The first-order chi connectivity index (χ1) is 14.6. The van der Waals surface area contributed by atoms with Crippen LogP contribution in [0.4, 0.5) is 19.0 Å². The number of anilines is 1. The Morgan fingerprint density at radius 1 is 1.16 bits per heavy atom. The summed E-state index contributed by atoms with van der Waals surface area (Å²) in [6, 6.07) is 4.85. The van der Waals surface area contributed by atoms with Gasteiger partial charge in [0.2, 0.25) is 0 Å². The van der Waals surface area contributed by atoms with Crippen molar-refractivity contribution in [1.29, 1.82) is 0 Å². The maximum Gasteiger partial charge on any atom is 0.410 e. The van der Waals surface area contributed by atoms with Crippen molar-refractivity contribution in [3.05, 3.63) is 46.1 Å². The lowest BCUT2D eigenvalue weighted by Crippen LogP contribution is -2.47. The molecule has 31 heavy (non-hydrogen) atoms. The minimum absolute atomic E-state index is 0.0160. The molecule has 5 nitrogen and oxygen atoms in total. The zero-order valence-corrected chi connectivity index (χ0v) is 18.5. The van der Waals surface area contributed by atoms with E-state index in [1.165, 1.54) is 0 Å². The highest BCUT2D eigenvalue weighted by Gasteiger charge is 2.48. The fourth-order valence-electron chi connectivity index (χ4n) is 4.69. The minimum Gasteiger partial charge on any atom is -0.362 e. The van der Waals surface area contributed by atoms with Gasteiger partial charge in [0.25, 0.3) is 5.91 Å². The molecule has 0 saturated carbocycles. The second-order valence-electron chi connectivity index (χ2n) is 8.70. The summed E-state index contributed by atoms with van der Waals surface area (Å²) in [5.74, 6) is -0.373. The molecule has 4 atom stereocenters. The molecule has 0 bridgehead atoms. The van der Waals surface area contributed by atoms with E-state index in [1.807, 2.05) is 45.0 Å². The van der Waals surface area contributed by atoms with Crippen LogP contribution in [0, 0.1) is 6.92 Å². The molecule has 0 radical (unpaired) electrons. The van der Waals surface area contributed by atoms with Gasteiger partial charge >= 0.3 is 6.18 Å². The SMILES string of the molecule is Cc1ccc([C@@H]2C[C@H](C(F)(F)F)n3nc(C(=O)N4[C@H](C)CCC[C@@H]4C)c(Cl)c3N2)cc1. The van der Waals surface area contributed by atoms with Gasteiger partial charge in [-0.25, -0.2) is 4.68 Å². The van der Waals surface area contributed by atoms with Gasteiger partial charge in [-0.2, -0.15) is 18.3 Å². The van der Waals surface area contributed by atoms with Crippen LogP contribution in [0.5, 0.6) is 0 Å². The monoisotopic (exact) mass is 454 g/mol. The fourth-order valence-corrected chi connectivity index (χ4v) is 4.95. The van der Waals surface area contributed by atoms with E-state index in [1.54, 1.807) is 4.90 Å². The molecular weight excluding hydrogens is 429 g/mol. The van der Waals surface area contributed by atoms with E-state index in [9.17, 15) is 18.0 Å². The summed E-state index contributed by atoms with van der Waals surface area (Å²) >= 11 is 6.48. The molecule has 0 spiro atoms. The Balaban J connectivity index is 1.74. The highest BCUT2D eigenvalue weighted by molar-refractivity contribution is 6.36. The molecule has 3 heterocycles. The molecule has 1 amide bonds. The lowest BCUT2D eigenvalue weighted by molar-refractivity contribution is -0.173. The molecule has 0 aliphatic carbocycles. The molecule has 0 unspecified atom stereocenters. The van der Waals surface area contributed by atoms with Crippen molar-refractivity contribution in [2.75, 3.05) is 5.32 Å². The fraction of sp³-hybridized carbons (Fsp3) is 0.545. The number of piperidine rings is 1. The standard InChI is InChI=1S/C22H26ClF3N4O/c1-12-7-9-15(10-8-12)16-11-17(22(24,25)26)30-20(27-16)18(23)19(28-30)21(31)29-13(2)5-4-6-14(29)3/h7-10,13-14,16-17,27H,4-6,11H2,1-3H3/t13-,14+,16-,17+/m0/s1. The van der Waals surface area contributed by atoms with Gasteiger partial charge in [0.15, 0.2) is 11.7 Å². The largest absolute Gasteiger partial charge is 0.410 e. The number of benzene rings is 1. The third-order valence-electron chi connectivity index (χ3n) is 6.41. The van der Waals surface area contributed by atoms with Gasteiger partial charge in [-0.05, 0) is 45.6 Å². The Bertz CT molecular complexity index is 962. The number of likely N-dealkylation sites (tertiary alicyclic amines) is 1. The first kappa shape index (κ1) is 22.0. The molecule has 9 heteroatoms. The molecule has 1 fully saturated rings. The van der Waals surface area contributed by atoms with Crippen molar-refractivity contribution in [2.45, 2.75) is 76.8 Å². The average molecular weight is 455 g/mol. The number of nitrogens with one attached hydrogen (secondary N) is 1. The van der Waals surface area contributed by atoms with Crippen LogP contribution in [0.25, 0.3) is 0 Å². The highest BCUT2D eigenvalue weighted by atomic mass is 35.5. The lowest BCUT2D eigenvalue weighted by Gasteiger charge is -2.38. The Labute approximate surface area is 184 Å². The van der Waals surface area contributed by atoms with Gasteiger partial charge in [-0.15, -0.1) is 0 Å². The minimum atomic E-state index is -4.53. The summed E-state index contributed by atoms with van der Waals surface area (Å²) in [5.41, 5.74) is 1.63. The van der Waals surface area contributed by atoms with E-state index in [-0.39, 0.29) is 35.0 Å². The molecule has 2 aliphatic heterocycles. The molecule has 1 saturated heterocycles. The number of alkyl halides is 3. The quantitative estimate of drug-likeness (QED) is 0.613. The van der Waals surface area contributed by atoms with Gasteiger partial charge in [0.05, 0.1) is 6.04 Å². The molecule has 1 N–H and O–H groups in total. The molecule has 1 aromatic carbocycles. The summed E-state index contributed by atoms with van der Waals surface area (Å²) in [5, 5.41) is 7.14. The van der Waals surface area contributed by atoms with Crippen LogP contribution in [-0.4, -0.2) is 38.8 Å². The Morgan fingerprint density at radius 2 is 1.77 bits per heavy atom. The predicted octanol–water partition coefficient (Wildman–Crippen LogP) is 5.91. The summed E-state index contributed by atoms with van der Waals surface area (Å²) < 4.78 is 42.7. The van der Waals surface area contributed by atoms with Crippen molar-refractivity contribution in [1.82, 2.24) is 14.7 Å². The average Bonchev–Trinajstić information content (AvgIpc) is 3.03. The molecule has 1 aromatic heterocycles. The number of halogens is 4. The van der Waals surface area contributed by atoms with Gasteiger partial charge in [0.1, 0.15) is 10.8 Å². The number of hydrogen-bond donors (Lipinski definition) is 1. The van der Waals surface area contributed by atoms with Crippen molar-refractivity contribution in [3.63, 3.8) is 0 Å². The summed E-state index contributed by atoms with van der Waals surface area (Å²) in [6.07, 6.45) is -2.06. The van der Waals surface area contributed by atoms with Crippen LogP contribution in [-0.2, 0) is 0 Å². The van der Waals surface area contributed by atoms with E-state index in [2.05, 4.69) is 10.4 Å². The predicted molar refractivity (Wildman–Crippen MR) is 113 cm³/mol. The van der Waals surface area contributed by atoms with Crippen molar-refractivity contribution < 1.29 is 18.0 Å². The summed E-state index contributed by atoms with van der Waals surface area (Å²) in [7, 11) is 0. The second-order valence-corrected chi connectivity index (χ2v) is 9.08. The third kappa shape index (κ3) is 4.02. The van der Waals surface area contributed by atoms with Crippen molar-refractivity contribution in [3.8, 4) is 0 Å². The van der Waals surface area contributed by atoms with E-state index in [4.69, 9.17) is 11.6 Å². The molecular formula is C22H26ClF3N4O. The topological polar surface area (TPSA) is 50.2 Å². The number of amides is 1. The van der Waals surface area contributed by atoms with Crippen LogP contribution in [0.15, 0.2) is 24.3 Å². The highest BCUT2D eigenvalue weighted by Crippen LogP contribution is 2.46. The van der Waals surface area contributed by atoms with Crippen LogP contribution >= 0.6 is 11.6 Å². The smallest absolute Gasteiger partial charge is 0.362 e. The number of rotatable bonds is 2. The van der Waals surface area contributed by atoms with Gasteiger partial charge in [0, 0.05) is 18.5 Å². The maximum absolute atomic E-state index is 14.0.